The second kappa shape index (κ2) is 5.58. The normalized spacial score (nSPS) is 11.4. The van der Waals surface area contributed by atoms with Crippen molar-refractivity contribution in [3.8, 4) is 0 Å². The molecular formula is C15H17ClN2O2S. The lowest BCUT2D eigenvalue weighted by atomic mass is 10.1. The van der Waals surface area contributed by atoms with Crippen molar-refractivity contribution >= 4 is 33.0 Å². The molecule has 0 aliphatic heterocycles. The zero-order valence-electron chi connectivity index (χ0n) is 12.1. The summed E-state index contributed by atoms with van der Waals surface area (Å²) in [7, 11) is -3.72. The van der Waals surface area contributed by atoms with Crippen LogP contribution in [0.4, 0.5) is 11.4 Å². The topological polar surface area (TPSA) is 72.2 Å². The Balaban J connectivity index is 2.51. The highest BCUT2D eigenvalue weighted by atomic mass is 35.5. The number of nitrogen functional groups attached to an aromatic ring is 1. The lowest BCUT2D eigenvalue weighted by Crippen LogP contribution is -2.16. The number of hydrogen-bond acceptors (Lipinski definition) is 3. The van der Waals surface area contributed by atoms with Crippen molar-refractivity contribution in [2.75, 3.05) is 10.5 Å². The van der Waals surface area contributed by atoms with Gasteiger partial charge in [0.05, 0.1) is 10.6 Å². The van der Waals surface area contributed by atoms with Gasteiger partial charge in [0.1, 0.15) is 0 Å². The molecule has 0 saturated carbocycles. The number of rotatable bonds is 3. The monoisotopic (exact) mass is 324 g/mol. The Morgan fingerprint density at radius 3 is 2.43 bits per heavy atom. The van der Waals surface area contributed by atoms with Crippen LogP contribution in [0.3, 0.4) is 0 Å². The van der Waals surface area contributed by atoms with E-state index in [1.165, 1.54) is 0 Å². The van der Waals surface area contributed by atoms with E-state index in [-0.39, 0.29) is 4.90 Å². The Kier molecular flexibility index (Phi) is 4.16. The van der Waals surface area contributed by atoms with Gasteiger partial charge in [-0.2, -0.15) is 0 Å². The summed E-state index contributed by atoms with van der Waals surface area (Å²) in [6.45, 7) is 5.30. The zero-order valence-corrected chi connectivity index (χ0v) is 13.6. The number of aryl methyl sites for hydroxylation is 2. The average Bonchev–Trinajstić information content (AvgIpc) is 2.37. The van der Waals surface area contributed by atoms with Crippen molar-refractivity contribution in [3.05, 3.63) is 52.0 Å². The summed E-state index contributed by atoms with van der Waals surface area (Å²) in [5.74, 6) is 0. The van der Waals surface area contributed by atoms with Crippen LogP contribution < -0.4 is 10.5 Å². The lowest BCUT2D eigenvalue weighted by molar-refractivity contribution is 0.600. The molecule has 0 amide bonds. The first kappa shape index (κ1) is 15.7. The fourth-order valence-corrected chi connectivity index (χ4v) is 3.69. The molecule has 0 bridgehead atoms. The number of halogens is 1. The van der Waals surface area contributed by atoms with Crippen LogP contribution in [-0.2, 0) is 10.0 Å². The number of sulfonamides is 1. The summed E-state index contributed by atoms with van der Waals surface area (Å²) in [5, 5.41) is 0.471. The summed E-state index contributed by atoms with van der Waals surface area (Å²) >= 11 is 5.92. The minimum Gasteiger partial charge on any atom is -0.398 e. The van der Waals surface area contributed by atoms with Gasteiger partial charge in [-0.1, -0.05) is 17.7 Å². The highest BCUT2D eigenvalue weighted by molar-refractivity contribution is 7.92. The third-order valence-electron chi connectivity index (χ3n) is 3.28. The molecule has 0 unspecified atom stereocenters. The predicted octanol–water partition coefficient (Wildman–Crippen LogP) is 3.65. The minimum absolute atomic E-state index is 0.180. The Labute approximate surface area is 130 Å². The fraction of sp³-hybridized carbons (Fsp3) is 0.200. The van der Waals surface area contributed by atoms with Crippen molar-refractivity contribution in [2.24, 2.45) is 0 Å². The van der Waals surface area contributed by atoms with Crippen LogP contribution in [0.1, 0.15) is 16.7 Å². The van der Waals surface area contributed by atoms with Gasteiger partial charge in [-0.15, -0.1) is 0 Å². The number of anilines is 2. The standard InChI is InChI=1S/C15H17ClN2O2S/c1-9-6-13(17)11(3)15(7-9)21(19,20)18-14-8-12(16)5-4-10(14)2/h4-8,18H,17H2,1-3H3. The van der Waals surface area contributed by atoms with Gasteiger partial charge in [-0.25, -0.2) is 8.42 Å². The molecule has 0 fully saturated rings. The maximum Gasteiger partial charge on any atom is 0.262 e. The molecule has 0 spiro atoms. The highest BCUT2D eigenvalue weighted by Crippen LogP contribution is 2.27. The van der Waals surface area contributed by atoms with E-state index in [1.54, 1.807) is 44.2 Å². The van der Waals surface area contributed by atoms with Crippen LogP contribution in [0.25, 0.3) is 0 Å². The Morgan fingerprint density at radius 1 is 1.10 bits per heavy atom. The van der Waals surface area contributed by atoms with Crippen molar-refractivity contribution in [3.63, 3.8) is 0 Å². The van der Waals surface area contributed by atoms with Crippen LogP contribution in [-0.4, -0.2) is 8.42 Å². The summed E-state index contributed by atoms with van der Waals surface area (Å²) < 4.78 is 27.7. The largest absolute Gasteiger partial charge is 0.398 e. The smallest absolute Gasteiger partial charge is 0.262 e. The van der Waals surface area contributed by atoms with Gasteiger partial charge in [0.2, 0.25) is 0 Å². The molecule has 2 rings (SSSR count). The summed E-state index contributed by atoms with van der Waals surface area (Å²) in [6, 6.07) is 8.41. The molecule has 0 aliphatic rings. The van der Waals surface area contributed by atoms with Crippen molar-refractivity contribution in [1.29, 1.82) is 0 Å². The van der Waals surface area contributed by atoms with Crippen molar-refractivity contribution < 1.29 is 8.42 Å². The highest BCUT2D eigenvalue weighted by Gasteiger charge is 2.19. The summed E-state index contributed by atoms with van der Waals surface area (Å²) in [6.07, 6.45) is 0. The van der Waals surface area contributed by atoms with Gasteiger partial charge in [0.15, 0.2) is 0 Å². The van der Waals surface area contributed by atoms with Gasteiger partial charge in [0.25, 0.3) is 10.0 Å². The summed E-state index contributed by atoms with van der Waals surface area (Å²) in [5.41, 5.74) is 8.89. The van der Waals surface area contributed by atoms with Gasteiger partial charge >= 0.3 is 0 Å². The molecule has 21 heavy (non-hydrogen) atoms. The molecule has 4 nitrogen and oxygen atoms in total. The number of benzene rings is 2. The second-order valence-corrected chi connectivity index (χ2v) is 7.13. The predicted molar refractivity (Wildman–Crippen MR) is 87.3 cm³/mol. The zero-order chi connectivity index (χ0) is 15.8. The molecule has 2 aromatic rings. The molecule has 6 heteroatoms. The first-order valence-corrected chi connectivity index (χ1v) is 8.22. The average molecular weight is 325 g/mol. The van der Waals surface area contributed by atoms with E-state index in [0.29, 0.717) is 22.0 Å². The van der Waals surface area contributed by atoms with Crippen LogP contribution in [0.15, 0.2) is 35.2 Å². The van der Waals surface area contributed by atoms with Gasteiger partial charge in [-0.3, -0.25) is 4.72 Å². The lowest BCUT2D eigenvalue weighted by Gasteiger charge is -2.14. The third-order valence-corrected chi connectivity index (χ3v) is 5.00. The van der Waals surface area contributed by atoms with Gasteiger partial charge in [0, 0.05) is 10.7 Å². The third kappa shape index (κ3) is 3.31. The Morgan fingerprint density at radius 2 is 1.76 bits per heavy atom. The van der Waals surface area contributed by atoms with E-state index in [9.17, 15) is 8.42 Å². The molecule has 0 saturated heterocycles. The van der Waals surface area contributed by atoms with Crippen molar-refractivity contribution in [1.82, 2.24) is 0 Å². The number of nitrogens with two attached hydrogens (primary N) is 1. The van der Waals surface area contributed by atoms with Crippen LogP contribution in [0.2, 0.25) is 5.02 Å². The van der Waals surface area contributed by atoms with Gasteiger partial charge < -0.3 is 5.73 Å². The van der Waals surface area contributed by atoms with E-state index in [2.05, 4.69) is 4.72 Å². The summed E-state index contributed by atoms with van der Waals surface area (Å²) in [4.78, 5) is 0.180. The number of hydrogen-bond donors (Lipinski definition) is 2. The van der Waals surface area contributed by atoms with Crippen LogP contribution >= 0.6 is 11.6 Å². The molecular weight excluding hydrogens is 308 g/mol. The first-order valence-electron chi connectivity index (χ1n) is 6.36. The SMILES string of the molecule is Cc1cc(N)c(C)c(S(=O)(=O)Nc2cc(Cl)ccc2C)c1. The maximum absolute atomic E-state index is 12.6. The van der Waals surface area contributed by atoms with Crippen molar-refractivity contribution in [2.45, 2.75) is 25.7 Å². The Bertz CT molecular complexity index is 802. The maximum atomic E-state index is 12.6. The molecule has 0 aromatic heterocycles. The van der Waals surface area contributed by atoms with E-state index >= 15 is 0 Å². The molecule has 0 aliphatic carbocycles. The molecule has 2 aromatic carbocycles. The first-order chi connectivity index (χ1) is 9.70. The fourth-order valence-electron chi connectivity index (χ4n) is 2.04. The Hall–Kier alpha value is -1.72. The van der Waals surface area contributed by atoms with E-state index < -0.39 is 10.0 Å². The number of nitrogens with one attached hydrogen (secondary N) is 1. The minimum atomic E-state index is -3.72. The van der Waals surface area contributed by atoms with E-state index in [4.69, 9.17) is 17.3 Å². The quantitative estimate of drug-likeness (QED) is 0.846. The van der Waals surface area contributed by atoms with Crippen LogP contribution in [0.5, 0.6) is 0 Å². The molecule has 112 valence electrons. The second-order valence-electron chi connectivity index (χ2n) is 5.04. The van der Waals surface area contributed by atoms with Crippen LogP contribution in [0, 0.1) is 20.8 Å². The van der Waals surface area contributed by atoms with E-state index in [0.717, 1.165) is 11.1 Å². The molecule has 0 heterocycles. The molecule has 0 radical (unpaired) electrons. The molecule has 0 atom stereocenters. The van der Waals surface area contributed by atoms with E-state index in [1.807, 2.05) is 6.92 Å². The molecule has 3 N–H and O–H groups in total. The van der Waals surface area contributed by atoms with Gasteiger partial charge in [-0.05, 0) is 61.7 Å².